The van der Waals surface area contributed by atoms with E-state index in [9.17, 15) is 4.79 Å². The third-order valence-corrected chi connectivity index (χ3v) is 4.54. The van der Waals surface area contributed by atoms with Gasteiger partial charge in [0.05, 0.1) is 5.41 Å². The van der Waals surface area contributed by atoms with Crippen LogP contribution in [0.2, 0.25) is 0 Å². The first-order valence-electron chi connectivity index (χ1n) is 5.71. The van der Waals surface area contributed by atoms with Crippen molar-refractivity contribution in [1.29, 1.82) is 0 Å². The number of hydrogen-bond donors (Lipinski definition) is 0. The van der Waals surface area contributed by atoms with Crippen LogP contribution in [-0.4, -0.2) is 22.9 Å². The van der Waals surface area contributed by atoms with E-state index in [-0.39, 0.29) is 16.2 Å². The van der Waals surface area contributed by atoms with Gasteiger partial charge in [-0.3, -0.25) is 4.79 Å². The molecule has 88 valence electrons. The van der Waals surface area contributed by atoms with Crippen LogP contribution in [0.1, 0.15) is 47.5 Å². The average molecular weight is 228 g/mol. The normalized spacial score (nSPS) is 31.1. The molecule has 1 aliphatic rings. The Morgan fingerprint density at radius 2 is 1.93 bits per heavy atom. The van der Waals surface area contributed by atoms with Crippen molar-refractivity contribution in [2.45, 2.75) is 47.5 Å². The Morgan fingerprint density at radius 3 is 2.20 bits per heavy atom. The Labute approximate surface area is 96.3 Å². The van der Waals surface area contributed by atoms with Gasteiger partial charge in [0, 0.05) is 13.0 Å². The van der Waals surface area contributed by atoms with Crippen LogP contribution in [0, 0.1) is 16.2 Å². The fourth-order valence-corrected chi connectivity index (χ4v) is 3.81. The predicted molar refractivity (Wildman–Crippen MR) is 65.8 cm³/mol. The summed E-state index contributed by atoms with van der Waals surface area (Å²) in [6, 6.07) is 0. The van der Waals surface area contributed by atoms with E-state index in [2.05, 4.69) is 34.6 Å². The van der Waals surface area contributed by atoms with Crippen LogP contribution in [0.5, 0.6) is 0 Å². The average Bonchev–Trinajstić information content (AvgIpc) is 2.28. The molecule has 0 aromatic rings. The molecule has 1 saturated carbocycles. The SMILES string of the molecule is CC(C)(C)[C@]1(CO[SiH3])C(=O)CCC1(C)C. The highest BCUT2D eigenvalue weighted by Crippen LogP contribution is 2.59. The summed E-state index contributed by atoms with van der Waals surface area (Å²) in [6.45, 7) is 11.5. The summed E-state index contributed by atoms with van der Waals surface area (Å²) >= 11 is 0. The van der Waals surface area contributed by atoms with Crippen LogP contribution in [-0.2, 0) is 9.22 Å². The molecule has 0 aromatic heterocycles. The number of Topliss-reactive ketones (excluding diaryl/α,β-unsaturated/α-hetero) is 1. The molecule has 0 N–H and O–H groups in total. The van der Waals surface area contributed by atoms with E-state index in [1.165, 1.54) is 0 Å². The third kappa shape index (κ3) is 1.70. The third-order valence-electron chi connectivity index (χ3n) is 4.25. The summed E-state index contributed by atoms with van der Waals surface area (Å²) < 4.78 is 5.48. The highest BCUT2D eigenvalue weighted by atomic mass is 28.2. The van der Waals surface area contributed by atoms with Gasteiger partial charge < -0.3 is 4.43 Å². The minimum atomic E-state index is -0.290. The molecule has 2 nitrogen and oxygen atoms in total. The molecule has 15 heavy (non-hydrogen) atoms. The number of carbonyl (C=O) groups is 1. The standard InChI is InChI=1S/C12H24O2Si/c1-10(2,3)12(8-14-15)9(13)6-7-11(12,4)5/h6-8H2,1-5,15H3/t12-/m0/s1. The van der Waals surface area contributed by atoms with Crippen molar-refractivity contribution >= 4 is 16.3 Å². The fraction of sp³-hybridized carbons (Fsp3) is 0.917. The lowest BCUT2D eigenvalue weighted by molar-refractivity contribution is -0.142. The zero-order chi connectivity index (χ0) is 11.9. The second-order valence-corrected chi connectivity index (χ2v) is 6.97. The molecule has 0 aromatic carbocycles. The van der Waals surface area contributed by atoms with Crippen LogP contribution in [0.4, 0.5) is 0 Å². The van der Waals surface area contributed by atoms with E-state index in [4.69, 9.17) is 4.43 Å². The van der Waals surface area contributed by atoms with E-state index in [0.29, 0.717) is 22.9 Å². The van der Waals surface area contributed by atoms with Crippen molar-refractivity contribution in [3.05, 3.63) is 0 Å². The first-order valence-corrected chi connectivity index (χ1v) is 6.53. The Kier molecular flexibility index (Phi) is 3.19. The zero-order valence-corrected chi connectivity index (χ0v) is 12.9. The summed E-state index contributed by atoms with van der Waals surface area (Å²) in [4.78, 5) is 12.3. The predicted octanol–water partition coefficient (Wildman–Crippen LogP) is 1.70. The zero-order valence-electron chi connectivity index (χ0n) is 10.9. The van der Waals surface area contributed by atoms with Gasteiger partial charge in [0.2, 0.25) is 0 Å². The van der Waals surface area contributed by atoms with Gasteiger partial charge in [-0.1, -0.05) is 34.6 Å². The van der Waals surface area contributed by atoms with E-state index < -0.39 is 0 Å². The first-order chi connectivity index (χ1) is 6.69. The van der Waals surface area contributed by atoms with Crippen LogP contribution < -0.4 is 0 Å². The van der Waals surface area contributed by atoms with Crippen LogP contribution in [0.3, 0.4) is 0 Å². The minimum Gasteiger partial charge on any atom is -0.427 e. The highest BCUT2D eigenvalue weighted by Gasteiger charge is 2.60. The van der Waals surface area contributed by atoms with Crippen molar-refractivity contribution < 1.29 is 9.22 Å². The molecular weight excluding hydrogens is 204 g/mol. The van der Waals surface area contributed by atoms with E-state index >= 15 is 0 Å². The van der Waals surface area contributed by atoms with Crippen molar-refractivity contribution in [2.75, 3.05) is 6.61 Å². The quantitative estimate of drug-likeness (QED) is 0.673. The highest BCUT2D eigenvalue weighted by molar-refractivity contribution is 5.98. The Morgan fingerprint density at radius 1 is 1.40 bits per heavy atom. The molecule has 0 radical (unpaired) electrons. The lowest BCUT2D eigenvalue weighted by atomic mass is 9.55. The molecule has 0 unspecified atom stereocenters. The molecule has 3 heteroatoms. The number of rotatable bonds is 2. The molecular formula is C12H24O2Si. The second-order valence-electron chi connectivity index (χ2n) is 6.40. The van der Waals surface area contributed by atoms with Crippen LogP contribution >= 0.6 is 0 Å². The van der Waals surface area contributed by atoms with Gasteiger partial charge in [-0.2, -0.15) is 0 Å². The molecule has 1 aliphatic carbocycles. The largest absolute Gasteiger partial charge is 0.427 e. The summed E-state index contributed by atoms with van der Waals surface area (Å²) in [6.07, 6.45) is 1.71. The molecule has 0 spiro atoms. The van der Waals surface area contributed by atoms with Crippen LogP contribution in [0.25, 0.3) is 0 Å². The molecule has 1 fully saturated rings. The molecule has 1 atom stereocenters. The summed E-state index contributed by atoms with van der Waals surface area (Å²) in [5.41, 5.74) is -0.247. The monoisotopic (exact) mass is 228 g/mol. The summed E-state index contributed by atoms with van der Waals surface area (Å²) in [5.74, 6) is 0.399. The van der Waals surface area contributed by atoms with Gasteiger partial charge in [-0.25, -0.2) is 0 Å². The van der Waals surface area contributed by atoms with Crippen molar-refractivity contribution in [3.63, 3.8) is 0 Å². The Hall–Kier alpha value is -0.153. The molecule has 0 heterocycles. The Bertz CT molecular complexity index is 265. The first kappa shape index (κ1) is 12.9. The second kappa shape index (κ2) is 3.70. The maximum absolute atomic E-state index is 12.3. The van der Waals surface area contributed by atoms with Gasteiger partial charge in [0.15, 0.2) is 0 Å². The number of ketones is 1. The fourth-order valence-electron chi connectivity index (χ4n) is 3.37. The minimum absolute atomic E-state index is 0.0194. The molecule has 0 amide bonds. The van der Waals surface area contributed by atoms with E-state index in [1.54, 1.807) is 0 Å². The summed E-state index contributed by atoms with van der Waals surface area (Å²) in [5, 5.41) is 0. The Balaban J connectivity index is 3.25. The maximum atomic E-state index is 12.3. The lowest BCUT2D eigenvalue weighted by Crippen LogP contribution is -2.51. The topological polar surface area (TPSA) is 26.3 Å². The molecule has 0 saturated heterocycles. The van der Waals surface area contributed by atoms with Crippen LogP contribution in [0.15, 0.2) is 0 Å². The van der Waals surface area contributed by atoms with Gasteiger partial charge in [0.1, 0.15) is 16.3 Å². The molecule has 0 aliphatic heterocycles. The molecule has 0 bridgehead atoms. The maximum Gasteiger partial charge on any atom is 0.146 e. The van der Waals surface area contributed by atoms with Gasteiger partial charge in [-0.05, 0) is 17.3 Å². The summed E-state index contributed by atoms with van der Waals surface area (Å²) in [7, 11) is 0.709. The number of hydrogen-bond acceptors (Lipinski definition) is 2. The van der Waals surface area contributed by atoms with Gasteiger partial charge in [0.25, 0.3) is 0 Å². The lowest BCUT2D eigenvalue weighted by Gasteiger charge is -2.49. The van der Waals surface area contributed by atoms with E-state index in [0.717, 1.165) is 12.8 Å². The van der Waals surface area contributed by atoms with E-state index in [1.807, 2.05) is 0 Å². The van der Waals surface area contributed by atoms with Gasteiger partial charge >= 0.3 is 0 Å². The number of carbonyl (C=O) groups excluding carboxylic acids is 1. The van der Waals surface area contributed by atoms with Gasteiger partial charge in [-0.15, -0.1) is 0 Å². The van der Waals surface area contributed by atoms with Crippen molar-refractivity contribution in [2.24, 2.45) is 16.2 Å². The van der Waals surface area contributed by atoms with Crippen molar-refractivity contribution in [1.82, 2.24) is 0 Å². The molecule has 1 rings (SSSR count). The smallest absolute Gasteiger partial charge is 0.146 e. The van der Waals surface area contributed by atoms with Crippen molar-refractivity contribution in [3.8, 4) is 0 Å².